The van der Waals surface area contributed by atoms with Crippen molar-refractivity contribution in [2.75, 3.05) is 122 Å². The zero-order chi connectivity index (χ0) is 61.6. The molecule has 462 valence electrons. The number of carboxylic acids is 4. The highest BCUT2D eigenvalue weighted by Gasteiger charge is 2.30. The molecule has 2 unspecified atom stereocenters. The highest BCUT2D eigenvalue weighted by Crippen LogP contribution is 2.27. The van der Waals surface area contributed by atoms with Crippen LogP contribution in [-0.2, 0) is 73.0 Å². The smallest absolute Gasteiger partial charge is 0.323 e. The summed E-state index contributed by atoms with van der Waals surface area (Å²) < 4.78 is 68.6. The number of nitrogens with one attached hydrogen (secondary N) is 6. The van der Waals surface area contributed by atoms with Gasteiger partial charge in [-0.1, -0.05) is 18.2 Å². The van der Waals surface area contributed by atoms with Gasteiger partial charge in [-0.05, 0) is 98.5 Å². The zero-order valence-corrected chi connectivity index (χ0v) is 48.5. The summed E-state index contributed by atoms with van der Waals surface area (Å²) in [6, 6.07) is 10.2. The van der Waals surface area contributed by atoms with Crippen LogP contribution in [0.2, 0.25) is 0 Å². The number of carbonyl (C=O) groups excluding carboxylic acids is 4. The van der Waals surface area contributed by atoms with E-state index in [9.17, 15) is 80.2 Å². The van der Waals surface area contributed by atoms with Crippen molar-refractivity contribution in [2.45, 2.75) is 69.4 Å². The molecule has 29 nitrogen and oxygen atoms in total. The van der Waals surface area contributed by atoms with Gasteiger partial charge >= 0.3 is 23.9 Å². The molecular formula is C53H75N11O18S2. The second-order valence-electron chi connectivity index (χ2n) is 20.4. The third-order valence-corrected chi connectivity index (χ3v) is 16.1. The zero-order valence-electron chi connectivity index (χ0n) is 46.8. The molecule has 1 fully saturated rings. The lowest BCUT2D eigenvalue weighted by atomic mass is 10.0. The summed E-state index contributed by atoms with van der Waals surface area (Å²) in [5.74, 6) is -7.95. The van der Waals surface area contributed by atoms with Crippen LogP contribution in [0.5, 0.6) is 5.75 Å². The molecular weight excluding hydrogens is 1140 g/mol. The molecule has 4 amide bonds. The van der Waals surface area contributed by atoms with Crippen LogP contribution in [0, 0.1) is 13.8 Å². The van der Waals surface area contributed by atoms with Crippen molar-refractivity contribution in [3.8, 4) is 5.75 Å². The summed E-state index contributed by atoms with van der Waals surface area (Å²) in [4.78, 5) is 110. The number of ether oxygens (including phenoxy) is 1. The molecule has 2 aliphatic heterocycles. The number of carboxylic acid groups (broad SMARTS) is 4. The van der Waals surface area contributed by atoms with Crippen LogP contribution >= 0.6 is 0 Å². The number of rotatable bonds is 30. The van der Waals surface area contributed by atoms with Crippen molar-refractivity contribution >= 4 is 73.5 Å². The molecule has 2 aliphatic rings. The van der Waals surface area contributed by atoms with Crippen LogP contribution in [0.1, 0.15) is 57.6 Å². The van der Waals surface area contributed by atoms with Crippen molar-refractivity contribution in [1.82, 2.24) is 50.6 Å². The van der Waals surface area contributed by atoms with Gasteiger partial charge in [0, 0.05) is 96.2 Å². The number of aromatic nitrogens is 1. The van der Waals surface area contributed by atoms with Gasteiger partial charge in [0.15, 0.2) is 0 Å². The Labute approximate surface area is 486 Å². The number of sulfonamides is 1. The molecule has 0 saturated carbocycles. The second kappa shape index (κ2) is 32.6. The Morgan fingerprint density at radius 3 is 1.76 bits per heavy atom. The normalized spacial score (nSPS) is 15.8. The van der Waals surface area contributed by atoms with Gasteiger partial charge in [-0.25, -0.2) is 13.4 Å². The molecule has 11 N–H and O–H groups in total. The summed E-state index contributed by atoms with van der Waals surface area (Å²) in [5.41, 5.74) is 3.80. The Balaban J connectivity index is 1.05. The fourth-order valence-electron chi connectivity index (χ4n) is 9.39. The van der Waals surface area contributed by atoms with Crippen molar-refractivity contribution in [2.24, 2.45) is 0 Å². The summed E-state index contributed by atoms with van der Waals surface area (Å²) in [7, 11) is -9.30. The third kappa shape index (κ3) is 23.7. The van der Waals surface area contributed by atoms with Crippen molar-refractivity contribution in [3.63, 3.8) is 0 Å². The maximum absolute atomic E-state index is 13.6. The summed E-state index contributed by atoms with van der Waals surface area (Å²) in [6.07, 6.45) is 3.55. The number of fused-ring (bicyclic) bond motifs is 1. The molecule has 2 atom stereocenters. The van der Waals surface area contributed by atoms with Crippen molar-refractivity contribution < 1.29 is 84.9 Å². The minimum atomic E-state index is -4.84. The van der Waals surface area contributed by atoms with E-state index in [0.29, 0.717) is 12.8 Å². The van der Waals surface area contributed by atoms with E-state index in [-0.39, 0.29) is 119 Å². The fraction of sp³-hybridized carbons (Fsp3) is 0.528. The third-order valence-electron chi connectivity index (χ3n) is 13.6. The Bertz CT molecular complexity index is 2990. The first-order valence-corrected chi connectivity index (χ1v) is 30.3. The average Bonchev–Trinajstić information content (AvgIpc) is 3.35. The maximum atomic E-state index is 13.6. The van der Waals surface area contributed by atoms with Gasteiger partial charge in [-0.15, -0.1) is 0 Å². The van der Waals surface area contributed by atoms with Gasteiger partial charge in [0.05, 0.1) is 37.7 Å². The number of amides is 4. The standard InChI is InChI=1S/C53H75N11O18S2/c1-35-27-41(28-36(2)49(35)84(80,81)60-42(53(75)76)29-57-51(73)39-10-7-37(8-11-39)9-13-40-14-12-38-5-3-15-55-50(38)58-40)82-26-4-6-44(65)54-16-17-56-52(74)43(34-83(77,78)79)59-45(66)30-61-18-20-62(31-46(67)68)22-24-64(33-48(71)72)25-23-63(21-19-61)32-47(69)70/h7-8,10-12,14,27-28,42-43,60H,3-6,9,13,15-26,29-34H2,1-2H3,(H,54,65)(H,55,58)(H,56,74)(H,57,73)(H,59,66)(H,67,68)(H,69,70)(H,71,72)(H,75,76)(H,77,78,79). The molecule has 0 radical (unpaired) electrons. The average molecular weight is 1220 g/mol. The lowest BCUT2D eigenvalue weighted by Gasteiger charge is -2.33. The number of aliphatic carboxylic acids is 4. The number of nitrogens with zero attached hydrogens (tertiary/aromatic N) is 5. The molecule has 0 spiro atoms. The number of hydrogen-bond acceptors (Lipinski definition) is 19. The topological polar surface area (TPSA) is 413 Å². The first-order valence-electron chi connectivity index (χ1n) is 27.2. The Kier molecular flexibility index (Phi) is 26.2. The van der Waals surface area contributed by atoms with Crippen LogP contribution in [0.15, 0.2) is 53.4 Å². The van der Waals surface area contributed by atoms with E-state index in [4.69, 9.17) is 9.72 Å². The van der Waals surface area contributed by atoms with Gasteiger partial charge in [0.2, 0.25) is 27.7 Å². The summed E-state index contributed by atoms with van der Waals surface area (Å²) in [6.45, 7) is 2.06. The minimum absolute atomic E-state index is 0.00436. The largest absolute Gasteiger partial charge is 0.494 e. The van der Waals surface area contributed by atoms with E-state index in [0.717, 1.165) is 36.5 Å². The highest BCUT2D eigenvalue weighted by molar-refractivity contribution is 7.89. The van der Waals surface area contributed by atoms with Crippen LogP contribution in [0.4, 0.5) is 5.82 Å². The molecule has 31 heteroatoms. The summed E-state index contributed by atoms with van der Waals surface area (Å²) >= 11 is 0. The van der Waals surface area contributed by atoms with E-state index in [1.54, 1.807) is 34.1 Å². The van der Waals surface area contributed by atoms with E-state index in [2.05, 4.69) is 37.4 Å². The minimum Gasteiger partial charge on any atom is -0.494 e. The number of benzene rings is 2. The van der Waals surface area contributed by atoms with E-state index in [1.165, 1.54) is 41.3 Å². The van der Waals surface area contributed by atoms with Crippen LogP contribution in [-0.4, -0.2) is 243 Å². The Hall–Kier alpha value is -7.39. The number of pyridine rings is 1. The number of anilines is 1. The SMILES string of the molecule is Cc1cc(OCCCC(=O)NCCNC(=O)C(CS(=O)(=O)O)NC(=O)CN2CCN(CC(=O)O)CCN(CC(=O)O)CCN(CC(=O)O)CC2)cc(C)c1S(=O)(=O)NC(CNC(=O)c1ccc(CCc2ccc3c(n2)NCCC3)cc1)C(=O)O. The molecule has 2 aromatic carbocycles. The van der Waals surface area contributed by atoms with E-state index in [1.807, 2.05) is 6.07 Å². The molecule has 84 heavy (non-hydrogen) atoms. The number of carbonyl (C=O) groups is 8. The quantitative estimate of drug-likeness (QED) is 0.0260. The number of hydrogen-bond donors (Lipinski definition) is 11. The predicted octanol–water partition coefficient (Wildman–Crippen LogP) is -1.76. The molecule has 3 heterocycles. The molecule has 0 bridgehead atoms. The number of aryl methyl sites for hydroxylation is 5. The fourth-order valence-corrected chi connectivity index (χ4v) is 11.7. The monoisotopic (exact) mass is 1220 g/mol. The first kappa shape index (κ1) is 67.4. The van der Waals surface area contributed by atoms with Gasteiger partial charge in [0.25, 0.3) is 16.0 Å². The van der Waals surface area contributed by atoms with Gasteiger partial charge in [0.1, 0.15) is 29.4 Å². The predicted molar refractivity (Wildman–Crippen MR) is 303 cm³/mol. The van der Waals surface area contributed by atoms with Crippen molar-refractivity contribution in [1.29, 1.82) is 0 Å². The Morgan fingerprint density at radius 2 is 1.23 bits per heavy atom. The Morgan fingerprint density at radius 1 is 0.679 bits per heavy atom. The van der Waals surface area contributed by atoms with Crippen LogP contribution in [0.3, 0.4) is 0 Å². The molecule has 0 aliphatic carbocycles. The van der Waals surface area contributed by atoms with Crippen LogP contribution in [0.25, 0.3) is 0 Å². The highest BCUT2D eigenvalue weighted by atomic mass is 32.2. The summed E-state index contributed by atoms with van der Waals surface area (Å²) in [5, 5.41) is 51.4. The second-order valence-corrected chi connectivity index (χ2v) is 23.5. The first-order chi connectivity index (χ1) is 39.7. The van der Waals surface area contributed by atoms with Gasteiger partial charge < -0.3 is 51.7 Å². The van der Waals surface area contributed by atoms with E-state index >= 15 is 0 Å². The van der Waals surface area contributed by atoms with Gasteiger partial charge in [-0.2, -0.15) is 13.1 Å². The lowest BCUT2D eigenvalue weighted by Crippen LogP contribution is -2.54. The lowest BCUT2D eigenvalue weighted by molar-refractivity contribution is -0.140. The molecule has 3 aromatic rings. The maximum Gasteiger partial charge on any atom is 0.323 e. The molecule has 1 saturated heterocycles. The van der Waals surface area contributed by atoms with Crippen molar-refractivity contribution in [3.05, 3.63) is 82.0 Å². The molecule has 5 rings (SSSR count). The van der Waals surface area contributed by atoms with Gasteiger partial charge in [-0.3, -0.25) is 62.5 Å². The molecule has 1 aromatic heterocycles. The van der Waals surface area contributed by atoms with E-state index < -0.39 is 112 Å². The van der Waals surface area contributed by atoms with Crippen LogP contribution < -0.4 is 36.0 Å².